The van der Waals surface area contributed by atoms with Crippen molar-refractivity contribution in [1.29, 1.82) is 0 Å². The van der Waals surface area contributed by atoms with Gasteiger partial charge in [0.2, 0.25) is 0 Å². The topological polar surface area (TPSA) is 3.24 Å². The maximum Gasteiger partial charge on any atom is 0.0195 e. The highest BCUT2D eigenvalue weighted by molar-refractivity contribution is 5.85. The van der Waals surface area contributed by atoms with Crippen molar-refractivity contribution in [3.05, 3.63) is 47.5 Å². The fourth-order valence-corrected chi connectivity index (χ4v) is 2.94. The zero-order valence-electron chi connectivity index (χ0n) is 10.1. The molecule has 3 aliphatic rings. The van der Waals surface area contributed by atoms with Crippen LogP contribution in [0, 0.1) is 5.92 Å². The minimum atomic E-state index is 0. The van der Waals surface area contributed by atoms with Crippen LogP contribution in [0.5, 0.6) is 0 Å². The van der Waals surface area contributed by atoms with Crippen molar-refractivity contribution in [2.24, 2.45) is 5.92 Å². The first-order valence-electron chi connectivity index (χ1n) is 6.37. The highest BCUT2D eigenvalue weighted by atomic mass is 35.5. The van der Waals surface area contributed by atoms with Gasteiger partial charge in [0, 0.05) is 6.54 Å². The van der Waals surface area contributed by atoms with Crippen molar-refractivity contribution >= 4 is 12.4 Å². The van der Waals surface area contributed by atoms with E-state index >= 15 is 0 Å². The summed E-state index contributed by atoms with van der Waals surface area (Å²) in [4.78, 5) is 2.59. The number of hydrogen-bond acceptors (Lipinski definition) is 1. The standard InChI is InChI=1S/C15H19N.ClH/c1-2-4-13(5-3-1)6-7-15-12-16-10-8-14(15)9-11-16;/h1-5,7,14H,6,8-12H2;1H/b15-7+;. The van der Waals surface area contributed by atoms with E-state index in [1.165, 1.54) is 38.0 Å². The van der Waals surface area contributed by atoms with Crippen molar-refractivity contribution in [1.82, 2.24) is 4.90 Å². The van der Waals surface area contributed by atoms with Crippen LogP contribution in [0.15, 0.2) is 42.0 Å². The lowest BCUT2D eigenvalue weighted by Gasteiger charge is -2.41. The third-order valence-corrected chi connectivity index (χ3v) is 3.96. The fourth-order valence-electron chi connectivity index (χ4n) is 2.94. The number of hydrogen-bond donors (Lipinski definition) is 0. The van der Waals surface area contributed by atoms with Crippen LogP contribution >= 0.6 is 12.4 Å². The number of fused-ring (bicyclic) bond motifs is 3. The van der Waals surface area contributed by atoms with Gasteiger partial charge in [0.25, 0.3) is 0 Å². The van der Waals surface area contributed by atoms with Crippen LogP contribution in [0.4, 0.5) is 0 Å². The van der Waals surface area contributed by atoms with Crippen LogP contribution in [0.2, 0.25) is 0 Å². The summed E-state index contributed by atoms with van der Waals surface area (Å²) >= 11 is 0. The largest absolute Gasteiger partial charge is 0.299 e. The van der Waals surface area contributed by atoms with Gasteiger partial charge in [0.15, 0.2) is 0 Å². The molecule has 1 nitrogen and oxygen atoms in total. The van der Waals surface area contributed by atoms with Crippen LogP contribution in [0.3, 0.4) is 0 Å². The Bertz CT molecular complexity index is 377. The number of benzene rings is 1. The van der Waals surface area contributed by atoms with E-state index in [0.29, 0.717) is 0 Å². The van der Waals surface area contributed by atoms with Crippen LogP contribution in [-0.4, -0.2) is 24.5 Å². The average Bonchev–Trinajstić information content (AvgIpc) is 2.39. The van der Waals surface area contributed by atoms with E-state index in [4.69, 9.17) is 0 Å². The molecule has 2 heteroatoms. The summed E-state index contributed by atoms with van der Waals surface area (Å²) in [6.45, 7) is 3.89. The second-order valence-corrected chi connectivity index (χ2v) is 5.02. The minimum absolute atomic E-state index is 0. The highest BCUT2D eigenvalue weighted by Crippen LogP contribution is 2.31. The summed E-state index contributed by atoms with van der Waals surface area (Å²) in [5, 5.41) is 0. The summed E-state index contributed by atoms with van der Waals surface area (Å²) in [5.41, 5.74) is 3.13. The number of nitrogens with zero attached hydrogens (tertiary/aromatic N) is 1. The Hall–Kier alpha value is -0.790. The second kappa shape index (κ2) is 5.70. The average molecular weight is 250 g/mol. The Kier molecular flexibility index (Phi) is 4.25. The summed E-state index contributed by atoms with van der Waals surface area (Å²) in [6, 6.07) is 10.8. The van der Waals surface area contributed by atoms with Gasteiger partial charge in [-0.3, -0.25) is 4.90 Å². The normalized spacial score (nSPS) is 29.1. The lowest BCUT2D eigenvalue weighted by atomic mass is 9.83. The monoisotopic (exact) mass is 249 g/mol. The van der Waals surface area contributed by atoms with E-state index in [1.54, 1.807) is 5.57 Å². The molecular weight excluding hydrogens is 230 g/mol. The van der Waals surface area contributed by atoms with Gasteiger partial charge in [-0.2, -0.15) is 0 Å². The van der Waals surface area contributed by atoms with Gasteiger partial charge < -0.3 is 0 Å². The maximum atomic E-state index is 2.59. The molecule has 0 saturated carbocycles. The van der Waals surface area contributed by atoms with E-state index in [9.17, 15) is 0 Å². The summed E-state index contributed by atoms with van der Waals surface area (Å²) in [6.07, 6.45) is 6.37. The summed E-state index contributed by atoms with van der Waals surface area (Å²) < 4.78 is 0. The Morgan fingerprint density at radius 1 is 1.12 bits per heavy atom. The summed E-state index contributed by atoms with van der Waals surface area (Å²) in [5.74, 6) is 0.897. The van der Waals surface area contributed by atoms with Crippen molar-refractivity contribution in [2.75, 3.05) is 19.6 Å². The Labute approximate surface area is 110 Å². The molecule has 3 saturated heterocycles. The molecule has 1 aromatic carbocycles. The van der Waals surface area contributed by atoms with Gasteiger partial charge in [0.05, 0.1) is 0 Å². The first-order chi connectivity index (χ1) is 7.92. The van der Waals surface area contributed by atoms with Crippen molar-refractivity contribution in [3.8, 4) is 0 Å². The molecular formula is C15H20ClN. The molecule has 2 bridgehead atoms. The molecule has 3 aliphatic heterocycles. The van der Waals surface area contributed by atoms with Gasteiger partial charge >= 0.3 is 0 Å². The minimum Gasteiger partial charge on any atom is -0.299 e. The lowest BCUT2D eigenvalue weighted by molar-refractivity contribution is 0.161. The van der Waals surface area contributed by atoms with Gasteiger partial charge in [0.1, 0.15) is 0 Å². The second-order valence-electron chi connectivity index (χ2n) is 5.02. The highest BCUT2D eigenvalue weighted by Gasteiger charge is 2.28. The number of halogens is 1. The summed E-state index contributed by atoms with van der Waals surface area (Å²) in [7, 11) is 0. The molecule has 0 atom stereocenters. The molecule has 92 valence electrons. The smallest absolute Gasteiger partial charge is 0.0195 e. The predicted octanol–water partition coefficient (Wildman–Crippen LogP) is 3.30. The molecule has 0 N–H and O–H groups in total. The molecule has 0 unspecified atom stereocenters. The Morgan fingerprint density at radius 3 is 2.41 bits per heavy atom. The molecule has 1 aromatic rings. The fraction of sp³-hybridized carbons (Fsp3) is 0.467. The predicted molar refractivity (Wildman–Crippen MR) is 74.6 cm³/mol. The number of allylic oxidation sites excluding steroid dienone is 1. The van der Waals surface area contributed by atoms with Gasteiger partial charge in [-0.05, 0) is 43.8 Å². The van der Waals surface area contributed by atoms with Crippen molar-refractivity contribution in [2.45, 2.75) is 19.3 Å². The zero-order valence-corrected chi connectivity index (χ0v) is 11.0. The number of piperidine rings is 3. The van der Waals surface area contributed by atoms with E-state index in [2.05, 4.69) is 41.3 Å². The Morgan fingerprint density at radius 2 is 1.82 bits per heavy atom. The molecule has 0 aromatic heterocycles. The van der Waals surface area contributed by atoms with Gasteiger partial charge in [-0.1, -0.05) is 42.0 Å². The molecule has 0 radical (unpaired) electrons. The first-order valence-corrected chi connectivity index (χ1v) is 6.37. The quantitative estimate of drug-likeness (QED) is 0.727. The molecule has 4 rings (SSSR count). The van der Waals surface area contributed by atoms with Crippen LogP contribution in [0.1, 0.15) is 18.4 Å². The van der Waals surface area contributed by atoms with Crippen LogP contribution < -0.4 is 0 Å². The third kappa shape index (κ3) is 2.91. The van der Waals surface area contributed by atoms with E-state index in [1.807, 2.05) is 0 Å². The molecule has 3 fully saturated rings. The number of rotatable bonds is 2. The molecule has 17 heavy (non-hydrogen) atoms. The van der Waals surface area contributed by atoms with Gasteiger partial charge in [-0.15, -0.1) is 12.4 Å². The van der Waals surface area contributed by atoms with E-state index in [0.717, 1.165) is 12.3 Å². The molecule has 0 amide bonds. The third-order valence-electron chi connectivity index (χ3n) is 3.96. The molecule has 0 spiro atoms. The molecule has 3 heterocycles. The first kappa shape index (κ1) is 12.7. The van der Waals surface area contributed by atoms with Gasteiger partial charge in [-0.25, -0.2) is 0 Å². The Balaban J connectivity index is 0.00000108. The lowest BCUT2D eigenvalue weighted by Crippen LogP contribution is -2.43. The van der Waals surface area contributed by atoms with Crippen LogP contribution in [0.25, 0.3) is 0 Å². The van der Waals surface area contributed by atoms with E-state index < -0.39 is 0 Å². The van der Waals surface area contributed by atoms with Crippen LogP contribution in [-0.2, 0) is 6.42 Å². The van der Waals surface area contributed by atoms with Crippen molar-refractivity contribution in [3.63, 3.8) is 0 Å². The van der Waals surface area contributed by atoms with Crippen molar-refractivity contribution < 1.29 is 0 Å². The zero-order chi connectivity index (χ0) is 10.8. The van der Waals surface area contributed by atoms with E-state index in [-0.39, 0.29) is 12.4 Å². The maximum absolute atomic E-state index is 2.59. The molecule has 0 aliphatic carbocycles. The SMILES string of the molecule is C(/Cc1ccccc1)=C1/CN2CCC1CC2.Cl.